The molecule has 0 aliphatic heterocycles. The van der Waals surface area contributed by atoms with Crippen molar-refractivity contribution < 1.29 is 9.53 Å². The van der Waals surface area contributed by atoms with E-state index < -0.39 is 5.97 Å². The van der Waals surface area contributed by atoms with Crippen molar-refractivity contribution >= 4 is 17.6 Å². The van der Waals surface area contributed by atoms with Crippen molar-refractivity contribution in [1.29, 1.82) is 0 Å². The van der Waals surface area contributed by atoms with Crippen LogP contribution in [-0.4, -0.2) is 11.0 Å². The summed E-state index contributed by atoms with van der Waals surface area (Å²) in [6, 6.07) is 9.58. The molecular weight excluding hydrogens is 242 g/mol. The van der Waals surface area contributed by atoms with Gasteiger partial charge in [0.25, 0.3) is 5.56 Å². The second kappa shape index (κ2) is 4.84. The van der Waals surface area contributed by atoms with Crippen molar-refractivity contribution in [3.8, 4) is 5.75 Å². The molecule has 0 unspecified atom stereocenters. The highest BCUT2D eigenvalue weighted by molar-refractivity contribution is 6.32. The second-order valence-electron chi connectivity index (χ2n) is 3.26. The maximum atomic E-state index is 11.7. The molecule has 5 heteroatoms. The molecule has 0 saturated carbocycles. The monoisotopic (exact) mass is 249 g/mol. The maximum absolute atomic E-state index is 11.7. The number of carbonyl (C=O) groups is 1. The molecule has 0 fully saturated rings. The van der Waals surface area contributed by atoms with Gasteiger partial charge in [0.1, 0.15) is 0 Å². The molecule has 4 nitrogen and oxygen atoms in total. The average Bonchev–Trinajstić information content (AvgIpc) is 2.35. The van der Waals surface area contributed by atoms with Gasteiger partial charge < -0.3 is 9.72 Å². The lowest BCUT2D eigenvalue weighted by molar-refractivity contribution is 0.0734. The van der Waals surface area contributed by atoms with E-state index in [1.165, 1.54) is 6.20 Å². The molecule has 1 heterocycles. The molecule has 0 aliphatic rings. The van der Waals surface area contributed by atoms with Gasteiger partial charge in [0.05, 0.1) is 10.6 Å². The zero-order chi connectivity index (χ0) is 12.3. The van der Waals surface area contributed by atoms with Gasteiger partial charge in [0, 0.05) is 12.3 Å². The van der Waals surface area contributed by atoms with Crippen molar-refractivity contribution in [2.24, 2.45) is 0 Å². The number of aromatic amines is 1. The van der Waals surface area contributed by atoms with Crippen LogP contribution in [-0.2, 0) is 0 Å². The number of carbonyl (C=O) groups excluding carboxylic acids is 1. The number of benzene rings is 1. The highest BCUT2D eigenvalue weighted by Crippen LogP contribution is 2.21. The molecule has 0 radical (unpaired) electrons. The van der Waals surface area contributed by atoms with Crippen LogP contribution in [0, 0.1) is 0 Å². The number of aromatic nitrogens is 1. The summed E-state index contributed by atoms with van der Waals surface area (Å²) in [4.78, 5) is 25.1. The second-order valence-corrected chi connectivity index (χ2v) is 3.67. The van der Waals surface area contributed by atoms with E-state index in [0.717, 1.165) is 6.07 Å². The van der Waals surface area contributed by atoms with Crippen LogP contribution in [0.25, 0.3) is 0 Å². The van der Waals surface area contributed by atoms with Crippen LogP contribution < -0.4 is 10.3 Å². The minimum absolute atomic E-state index is 0.0456. The summed E-state index contributed by atoms with van der Waals surface area (Å²) < 4.78 is 5.02. The first-order valence-electron chi connectivity index (χ1n) is 4.82. The summed E-state index contributed by atoms with van der Waals surface area (Å²) in [5, 5.41) is 0.175. The normalized spacial score (nSPS) is 9.94. The Morgan fingerprint density at radius 1 is 1.24 bits per heavy atom. The zero-order valence-corrected chi connectivity index (χ0v) is 9.40. The van der Waals surface area contributed by atoms with Crippen LogP contribution >= 0.6 is 11.6 Å². The van der Waals surface area contributed by atoms with Gasteiger partial charge in [0.2, 0.25) is 0 Å². The Bertz CT molecular complexity index is 592. The lowest BCUT2D eigenvalue weighted by Crippen LogP contribution is -2.11. The van der Waals surface area contributed by atoms with E-state index in [1.54, 1.807) is 30.3 Å². The van der Waals surface area contributed by atoms with Crippen molar-refractivity contribution in [2.75, 3.05) is 0 Å². The molecule has 2 rings (SSSR count). The first-order chi connectivity index (χ1) is 8.16. The summed E-state index contributed by atoms with van der Waals surface area (Å²) >= 11 is 5.78. The zero-order valence-electron chi connectivity index (χ0n) is 8.64. The summed E-state index contributed by atoms with van der Waals surface area (Å²) in [5.74, 6) is -0.512. The molecule has 0 atom stereocenters. The number of hydrogen-bond acceptors (Lipinski definition) is 3. The fourth-order valence-electron chi connectivity index (χ4n) is 1.25. The van der Waals surface area contributed by atoms with Crippen molar-refractivity contribution in [3.05, 3.63) is 63.5 Å². The van der Waals surface area contributed by atoms with E-state index in [1.807, 2.05) is 0 Å². The topological polar surface area (TPSA) is 59.2 Å². The first kappa shape index (κ1) is 11.4. The van der Waals surface area contributed by atoms with Gasteiger partial charge >= 0.3 is 5.97 Å². The predicted octanol–water partition coefficient (Wildman–Crippen LogP) is 2.25. The molecule has 0 spiro atoms. The van der Waals surface area contributed by atoms with Crippen molar-refractivity contribution in [1.82, 2.24) is 4.98 Å². The SMILES string of the molecule is O=C(Oc1cc(=O)[nH]cc1Cl)c1ccccc1. The van der Waals surface area contributed by atoms with Crippen molar-refractivity contribution in [2.45, 2.75) is 0 Å². The molecule has 1 aromatic carbocycles. The highest BCUT2D eigenvalue weighted by atomic mass is 35.5. The number of rotatable bonds is 2. The minimum atomic E-state index is -0.557. The third-order valence-electron chi connectivity index (χ3n) is 2.05. The van der Waals surface area contributed by atoms with E-state index in [2.05, 4.69) is 4.98 Å². The van der Waals surface area contributed by atoms with Crippen LogP contribution in [0.3, 0.4) is 0 Å². The van der Waals surface area contributed by atoms with E-state index in [9.17, 15) is 9.59 Å². The van der Waals surface area contributed by atoms with Crippen LogP contribution in [0.15, 0.2) is 47.4 Å². The first-order valence-corrected chi connectivity index (χ1v) is 5.20. The highest BCUT2D eigenvalue weighted by Gasteiger charge is 2.10. The summed E-state index contributed by atoms with van der Waals surface area (Å²) in [7, 11) is 0. The molecule has 0 amide bonds. The average molecular weight is 250 g/mol. The van der Waals surface area contributed by atoms with Gasteiger partial charge in [0.15, 0.2) is 5.75 Å². The van der Waals surface area contributed by atoms with Crippen LogP contribution in [0.2, 0.25) is 5.02 Å². The van der Waals surface area contributed by atoms with Crippen LogP contribution in [0.1, 0.15) is 10.4 Å². The van der Waals surface area contributed by atoms with Gasteiger partial charge in [-0.2, -0.15) is 0 Å². The quantitative estimate of drug-likeness (QED) is 0.831. The fraction of sp³-hybridized carbons (Fsp3) is 0. The minimum Gasteiger partial charge on any atom is -0.421 e. The number of ether oxygens (including phenoxy) is 1. The Hall–Kier alpha value is -2.07. The number of hydrogen-bond donors (Lipinski definition) is 1. The summed E-state index contributed by atoms with van der Waals surface area (Å²) in [6.07, 6.45) is 1.28. The molecule has 2 aromatic rings. The van der Waals surface area contributed by atoms with E-state index in [-0.39, 0.29) is 16.3 Å². The third-order valence-corrected chi connectivity index (χ3v) is 2.35. The van der Waals surface area contributed by atoms with Gasteiger partial charge in [-0.05, 0) is 12.1 Å². The molecule has 1 N–H and O–H groups in total. The van der Waals surface area contributed by atoms with Crippen LogP contribution in [0.5, 0.6) is 5.75 Å². The molecule has 0 aliphatic carbocycles. The largest absolute Gasteiger partial charge is 0.421 e. The molecular formula is C12H8ClNO3. The maximum Gasteiger partial charge on any atom is 0.343 e. The fourth-order valence-corrected chi connectivity index (χ4v) is 1.39. The van der Waals surface area contributed by atoms with Gasteiger partial charge in [-0.25, -0.2) is 4.79 Å². The summed E-state index contributed by atoms with van der Waals surface area (Å²) in [6.45, 7) is 0. The number of nitrogens with one attached hydrogen (secondary N) is 1. The smallest absolute Gasteiger partial charge is 0.343 e. The number of pyridine rings is 1. The van der Waals surface area contributed by atoms with Crippen molar-refractivity contribution in [3.63, 3.8) is 0 Å². The molecule has 86 valence electrons. The molecule has 0 bridgehead atoms. The van der Waals surface area contributed by atoms with Gasteiger partial charge in [-0.3, -0.25) is 4.79 Å². The lowest BCUT2D eigenvalue weighted by atomic mass is 10.2. The van der Waals surface area contributed by atoms with E-state index in [4.69, 9.17) is 16.3 Å². The lowest BCUT2D eigenvalue weighted by Gasteiger charge is -2.04. The van der Waals surface area contributed by atoms with Gasteiger partial charge in [-0.1, -0.05) is 29.8 Å². The van der Waals surface area contributed by atoms with Gasteiger partial charge in [-0.15, -0.1) is 0 Å². The van der Waals surface area contributed by atoms with E-state index in [0.29, 0.717) is 5.56 Å². The standard InChI is InChI=1S/C12H8ClNO3/c13-9-7-14-11(15)6-10(9)17-12(16)8-4-2-1-3-5-8/h1-7H,(H,14,15). The number of H-pyrrole nitrogens is 1. The Morgan fingerprint density at radius 2 is 1.94 bits per heavy atom. The summed E-state index contributed by atoms with van der Waals surface area (Å²) in [5.41, 5.74) is 0.00844. The Balaban J connectivity index is 2.25. The molecule has 17 heavy (non-hydrogen) atoms. The predicted molar refractivity (Wildman–Crippen MR) is 63.5 cm³/mol. The third kappa shape index (κ3) is 2.73. The molecule has 1 aromatic heterocycles. The van der Waals surface area contributed by atoms with E-state index >= 15 is 0 Å². The number of halogens is 1. The number of esters is 1. The Morgan fingerprint density at radius 3 is 2.65 bits per heavy atom. The molecule has 0 saturated heterocycles. The van der Waals surface area contributed by atoms with Crippen LogP contribution in [0.4, 0.5) is 0 Å². The Labute approximate surface area is 102 Å². The Kier molecular flexibility index (Phi) is 3.25.